The average molecular weight is 572 g/mol. The van der Waals surface area contributed by atoms with Gasteiger partial charge in [0.2, 0.25) is 11.9 Å². The number of hydrogen-bond donors (Lipinski definition) is 2. The van der Waals surface area contributed by atoms with Crippen LogP contribution in [0.15, 0.2) is 48.7 Å². The molecular weight excluding hydrogens is 530 g/mol. The first-order chi connectivity index (χ1) is 20.6. The van der Waals surface area contributed by atoms with Crippen LogP contribution in [0.25, 0.3) is 11.3 Å². The number of fused-ring (bicyclic) bond motifs is 8. The third kappa shape index (κ3) is 6.67. The lowest BCUT2D eigenvalue weighted by atomic mass is 10.1. The topological polar surface area (TPSA) is 95.1 Å². The van der Waals surface area contributed by atoms with Crippen LogP contribution in [-0.2, 0) is 22.6 Å². The van der Waals surface area contributed by atoms with Crippen LogP contribution in [0.5, 0.6) is 5.75 Å². The van der Waals surface area contributed by atoms with Gasteiger partial charge in [-0.1, -0.05) is 0 Å². The standard InChI is InChI=1S/C32H41N7O3/c1-37-11-4-9-33-31(40)29-5-3-12-39(29)21-23-17-26(20-27(18-23)38-13-15-42-16-14-38)35-32-34-10-8-28(36-32)24-6-7-30(41-2)25(19-24)22-37/h6-8,10,17-20,29H,3-5,9,11-16,21-22H2,1-2H3,(H,33,40)(H,34,35,36)/t29-/m1/s1. The van der Waals surface area contributed by atoms with Crippen LogP contribution in [0, 0.1) is 0 Å². The van der Waals surface area contributed by atoms with Crippen molar-refractivity contribution in [3.05, 3.63) is 59.8 Å². The molecule has 2 N–H and O–H groups in total. The molecule has 2 aromatic carbocycles. The van der Waals surface area contributed by atoms with E-state index in [-0.39, 0.29) is 11.9 Å². The fourth-order valence-electron chi connectivity index (χ4n) is 6.21. The summed E-state index contributed by atoms with van der Waals surface area (Å²) in [5, 5.41) is 6.70. The van der Waals surface area contributed by atoms with E-state index in [2.05, 4.69) is 61.6 Å². The number of ether oxygens (including phenoxy) is 2. The highest BCUT2D eigenvalue weighted by molar-refractivity contribution is 5.82. The largest absolute Gasteiger partial charge is 0.496 e. The maximum Gasteiger partial charge on any atom is 0.237 e. The molecule has 3 aromatic rings. The van der Waals surface area contributed by atoms with Crippen molar-refractivity contribution in [1.29, 1.82) is 0 Å². The first-order valence-corrected chi connectivity index (χ1v) is 15.0. The van der Waals surface area contributed by atoms with E-state index >= 15 is 0 Å². The molecule has 0 saturated carbocycles. The number of anilines is 3. The van der Waals surface area contributed by atoms with Crippen LogP contribution in [0.3, 0.4) is 0 Å². The molecule has 1 amide bonds. The molecule has 42 heavy (non-hydrogen) atoms. The minimum Gasteiger partial charge on any atom is -0.496 e. The van der Waals surface area contributed by atoms with Crippen LogP contribution in [-0.4, -0.2) is 91.8 Å². The highest BCUT2D eigenvalue weighted by atomic mass is 16.5. The van der Waals surface area contributed by atoms with Gasteiger partial charge in [0.1, 0.15) is 5.75 Å². The van der Waals surface area contributed by atoms with Crippen LogP contribution in [0.4, 0.5) is 17.3 Å². The molecule has 2 saturated heterocycles. The molecule has 3 aliphatic rings. The van der Waals surface area contributed by atoms with Crippen molar-refractivity contribution < 1.29 is 14.3 Å². The first-order valence-electron chi connectivity index (χ1n) is 15.0. The molecule has 0 radical (unpaired) electrons. The maximum absolute atomic E-state index is 13.3. The van der Waals surface area contributed by atoms with Gasteiger partial charge in [-0.2, -0.15) is 0 Å². The van der Waals surface area contributed by atoms with E-state index < -0.39 is 0 Å². The Hall–Kier alpha value is -3.73. The summed E-state index contributed by atoms with van der Waals surface area (Å²) >= 11 is 0. The maximum atomic E-state index is 13.3. The fraction of sp³-hybridized carbons (Fsp3) is 0.469. The summed E-state index contributed by atoms with van der Waals surface area (Å²) in [6, 6.07) is 14.6. The zero-order valence-corrected chi connectivity index (χ0v) is 24.6. The van der Waals surface area contributed by atoms with E-state index in [9.17, 15) is 4.79 Å². The summed E-state index contributed by atoms with van der Waals surface area (Å²) < 4.78 is 11.3. The fourth-order valence-corrected chi connectivity index (χ4v) is 6.21. The van der Waals surface area contributed by atoms with Gasteiger partial charge in [0.15, 0.2) is 0 Å². The Morgan fingerprint density at radius 3 is 2.74 bits per heavy atom. The minimum atomic E-state index is -0.108. The molecule has 0 aliphatic carbocycles. The number of nitrogens with zero attached hydrogens (tertiary/aromatic N) is 5. The van der Waals surface area contributed by atoms with Crippen molar-refractivity contribution >= 4 is 23.2 Å². The van der Waals surface area contributed by atoms with E-state index in [1.54, 1.807) is 13.3 Å². The number of rotatable bonds is 2. The Balaban J connectivity index is 1.36. The van der Waals surface area contributed by atoms with Gasteiger partial charge in [-0.15, -0.1) is 0 Å². The van der Waals surface area contributed by atoms with Crippen LogP contribution < -0.4 is 20.3 Å². The Morgan fingerprint density at radius 2 is 1.88 bits per heavy atom. The molecule has 10 heteroatoms. The molecule has 222 valence electrons. The normalized spacial score (nSPS) is 20.8. The average Bonchev–Trinajstić information content (AvgIpc) is 3.47. The van der Waals surface area contributed by atoms with Crippen molar-refractivity contribution in [2.75, 3.05) is 70.3 Å². The van der Waals surface area contributed by atoms with Gasteiger partial charge in [-0.3, -0.25) is 9.69 Å². The molecule has 2 fully saturated rings. The third-order valence-electron chi connectivity index (χ3n) is 8.35. The predicted octanol–water partition coefficient (Wildman–Crippen LogP) is 3.65. The smallest absolute Gasteiger partial charge is 0.237 e. The first kappa shape index (κ1) is 28.4. The number of carbonyl (C=O) groups is 1. The number of amides is 1. The predicted molar refractivity (Wildman–Crippen MR) is 164 cm³/mol. The summed E-state index contributed by atoms with van der Waals surface area (Å²) in [7, 11) is 3.81. The van der Waals surface area contributed by atoms with Gasteiger partial charge in [0, 0.05) is 61.4 Å². The number of nitrogens with one attached hydrogen (secondary N) is 2. The van der Waals surface area contributed by atoms with Crippen molar-refractivity contribution in [3.63, 3.8) is 0 Å². The van der Waals surface area contributed by atoms with Gasteiger partial charge in [0.05, 0.1) is 32.1 Å². The van der Waals surface area contributed by atoms with Crippen molar-refractivity contribution in [3.8, 4) is 17.0 Å². The summed E-state index contributed by atoms with van der Waals surface area (Å²) in [4.78, 5) is 29.6. The second kappa shape index (κ2) is 13.1. The Bertz CT molecular complexity index is 1390. The van der Waals surface area contributed by atoms with Crippen LogP contribution >= 0.6 is 0 Å². The number of carbonyl (C=O) groups excluding carboxylic acids is 1. The molecule has 1 atom stereocenters. The molecule has 4 heterocycles. The molecule has 3 aliphatic heterocycles. The summed E-state index contributed by atoms with van der Waals surface area (Å²) in [5.74, 6) is 1.52. The lowest BCUT2D eigenvalue weighted by Crippen LogP contribution is -2.43. The quantitative estimate of drug-likeness (QED) is 0.478. The highest BCUT2D eigenvalue weighted by Gasteiger charge is 2.30. The highest BCUT2D eigenvalue weighted by Crippen LogP contribution is 2.30. The molecule has 0 spiro atoms. The molecule has 6 rings (SSSR count). The van der Waals surface area contributed by atoms with Gasteiger partial charge in [-0.05, 0) is 87.4 Å². The molecule has 1 aromatic heterocycles. The second-order valence-electron chi connectivity index (χ2n) is 11.4. The Morgan fingerprint density at radius 1 is 1.00 bits per heavy atom. The van der Waals surface area contributed by atoms with Gasteiger partial charge < -0.3 is 29.9 Å². The summed E-state index contributed by atoms with van der Waals surface area (Å²) in [5.41, 5.74) is 6.18. The lowest BCUT2D eigenvalue weighted by Gasteiger charge is -2.30. The van der Waals surface area contributed by atoms with E-state index in [0.717, 1.165) is 91.5 Å². The number of hydrogen-bond acceptors (Lipinski definition) is 9. The number of methoxy groups -OCH3 is 1. The zero-order valence-electron chi connectivity index (χ0n) is 24.6. The number of benzene rings is 2. The van der Waals surface area contributed by atoms with Crippen LogP contribution in [0.1, 0.15) is 30.4 Å². The summed E-state index contributed by atoms with van der Waals surface area (Å²) in [6.07, 6.45) is 4.59. The number of aromatic nitrogens is 2. The molecule has 10 nitrogen and oxygen atoms in total. The third-order valence-corrected chi connectivity index (χ3v) is 8.35. The van der Waals surface area contributed by atoms with Crippen molar-refractivity contribution in [1.82, 2.24) is 25.1 Å². The van der Waals surface area contributed by atoms with E-state index in [4.69, 9.17) is 14.5 Å². The van der Waals surface area contributed by atoms with Gasteiger partial charge >= 0.3 is 0 Å². The van der Waals surface area contributed by atoms with Gasteiger partial charge in [0.25, 0.3) is 0 Å². The number of morpholine rings is 1. The zero-order chi connectivity index (χ0) is 28.9. The van der Waals surface area contributed by atoms with Crippen molar-refractivity contribution in [2.24, 2.45) is 0 Å². The SMILES string of the molecule is COc1ccc2cc1CN(C)CCCNC(=O)[C@H]1CCCN1Cc1cc(cc(N3CCOCC3)c1)Nc1nccc-2n1. The van der Waals surface area contributed by atoms with Gasteiger partial charge in [-0.25, -0.2) is 9.97 Å². The Kier molecular flexibility index (Phi) is 8.83. The monoisotopic (exact) mass is 571 g/mol. The van der Waals surface area contributed by atoms with E-state index in [0.29, 0.717) is 32.3 Å². The van der Waals surface area contributed by atoms with E-state index in [1.807, 2.05) is 18.2 Å². The lowest BCUT2D eigenvalue weighted by molar-refractivity contribution is -0.125. The Labute approximate surface area is 248 Å². The molecule has 0 unspecified atom stereocenters. The molecular formula is C32H41N7O3. The second-order valence-corrected chi connectivity index (χ2v) is 11.4. The van der Waals surface area contributed by atoms with E-state index in [1.165, 1.54) is 0 Å². The minimum absolute atomic E-state index is 0.108. The molecule has 6 bridgehead atoms. The summed E-state index contributed by atoms with van der Waals surface area (Å²) in [6.45, 7) is 7.00. The van der Waals surface area contributed by atoms with Crippen LogP contribution in [0.2, 0.25) is 0 Å². The van der Waals surface area contributed by atoms with Crippen molar-refractivity contribution in [2.45, 2.75) is 38.4 Å².